The first-order chi connectivity index (χ1) is 8.84. The van der Waals surface area contributed by atoms with Crippen molar-refractivity contribution in [3.05, 3.63) is 22.4 Å². The molecule has 0 fully saturated rings. The van der Waals surface area contributed by atoms with Crippen LogP contribution in [0.3, 0.4) is 0 Å². The van der Waals surface area contributed by atoms with Crippen molar-refractivity contribution < 1.29 is 14.2 Å². The third-order valence-corrected chi connectivity index (χ3v) is 3.53. The van der Waals surface area contributed by atoms with Crippen LogP contribution in [0.25, 0.3) is 0 Å². The Morgan fingerprint density at radius 1 is 1.17 bits per heavy atom. The van der Waals surface area contributed by atoms with Crippen molar-refractivity contribution in [1.82, 2.24) is 5.32 Å². The average Bonchev–Trinajstić information content (AvgIpc) is 2.90. The molecule has 1 rings (SSSR count). The van der Waals surface area contributed by atoms with Crippen molar-refractivity contribution in [3.8, 4) is 0 Å². The molecule has 5 heteroatoms. The van der Waals surface area contributed by atoms with E-state index in [-0.39, 0.29) is 0 Å². The van der Waals surface area contributed by atoms with Gasteiger partial charge in [0.1, 0.15) is 0 Å². The van der Waals surface area contributed by atoms with Crippen LogP contribution in [0.2, 0.25) is 0 Å². The summed E-state index contributed by atoms with van der Waals surface area (Å²) >= 11 is 1.78. The molecule has 0 aliphatic rings. The van der Waals surface area contributed by atoms with E-state index >= 15 is 0 Å². The smallest absolute Gasteiger partial charge is 0.0701 e. The maximum absolute atomic E-state index is 5.46. The second-order valence-electron chi connectivity index (χ2n) is 3.91. The van der Waals surface area contributed by atoms with E-state index < -0.39 is 0 Å². The number of hydrogen-bond acceptors (Lipinski definition) is 5. The van der Waals surface area contributed by atoms with Crippen LogP contribution in [0.1, 0.15) is 17.8 Å². The van der Waals surface area contributed by atoms with E-state index in [0.29, 0.717) is 39.1 Å². The van der Waals surface area contributed by atoms with Gasteiger partial charge in [-0.1, -0.05) is 6.07 Å². The molecule has 104 valence electrons. The van der Waals surface area contributed by atoms with Gasteiger partial charge in [-0.25, -0.2) is 0 Å². The molecular weight excluding hydrogens is 250 g/mol. The van der Waals surface area contributed by atoms with Crippen LogP contribution in [0, 0.1) is 0 Å². The van der Waals surface area contributed by atoms with Crippen molar-refractivity contribution in [1.29, 1.82) is 0 Å². The summed E-state index contributed by atoms with van der Waals surface area (Å²) in [5, 5.41) is 5.52. The molecule has 1 N–H and O–H groups in total. The third-order valence-electron chi connectivity index (χ3n) is 2.47. The number of methoxy groups -OCH3 is 1. The van der Waals surface area contributed by atoms with Gasteiger partial charge < -0.3 is 19.5 Å². The average molecular weight is 273 g/mol. The largest absolute Gasteiger partial charge is 0.382 e. The maximum atomic E-state index is 5.46. The van der Waals surface area contributed by atoms with Crippen LogP contribution >= 0.6 is 11.3 Å². The topological polar surface area (TPSA) is 39.7 Å². The van der Waals surface area contributed by atoms with E-state index in [9.17, 15) is 0 Å². The molecule has 0 bridgehead atoms. The van der Waals surface area contributed by atoms with Gasteiger partial charge in [0.15, 0.2) is 0 Å². The monoisotopic (exact) mass is 273 g/mol. The Morgan fingerprint density at radius 2 is 1.89 bits per heavy atom. The molecule has 0 spiro atoms. The molecule has 18 heavy (non-hydrogen) atoms. The van der Waals surface area contributed by atoms with E-state index in [2.05, 4.69) is 29.8 Å². The Bertz CT molecular complexity index is 280. The minimum Gasteiger partial charge on any atom is -0.382 e. The Labute approximate surface area is 113 Å². The Morgan fingerprint density at radius 3 is 2.56 bits per heavy atom. The van der Waals surface area contributed by atoms with Gasteiger partial charge in [-0.15, -0.1) is 11.3 Å². The van der Waals surface area contributed by atoms with Crippen molar-refractivity contribution in [2.24, 2.45) is 0 Å². The Kier molecular flexibility index (Phi) is 9.06. The number of nitrogens with one attached hydrogen (secondary N) is 1. The fourth-order valence-electron chi connectivity index (χ4n) is 1.45. The van der Waals surface area contributed by atoms with Gasteiger partial charge in [-0.2, -0.15) is 0 Å². The molecule has 4 nitrogen and oxygen atoms in total. The number of ether oxygens (including phenoxy) is 3. The van der Waals surface area contributed by atoms with Crippen LogP contribution in [0.15, 0.2) is 17.5 Å². The molecule has 1 atom stereocenters. The normalized spacial score (nSPS) is 12.8. The predicted octanol–water partition coefficient (Wildman–Crippen LogP) is 2.08. The van der Waals surface area contributed by atoms with Gasteiger partial charge in [0, 0.05) is 24.6 Å². The quantitative estimate of drug-likeness (QED) is 0.627. The Hall–Kier alpha value is -0.460. The number of thiophene rings is 1. The molecule has 1 aromatic rings. The minimum absolute atomic E-state index is 0.395. The van der Waals surface area contributed by atoms with Crippen molar-refractivity contribution >= 4 is 11.3 Å². The zero-order chi connectivity index (χ0) is 13.1. The molecule has 0 saturated carbocycles. The summed E-state index contributed by atoms with van der Waals surface area (Å²) < 4.78 is 15.6. The molecule has 0 unspecified atom stereocenters. The summed E-state index contributed by atoms with van der Waals surface area (Å²) in [5.74, 6) is 0. The number of hydrogen-bond donors (Lipinski definition) is 1. The predicted molar refractivity (Wildman–Crippen MR) is 74.3 cm³/mol. The second-order valence-corrected chi connectivity index (χ2v) is 4.89. The third kappa shape index (κ3) is 7.08. The van der Waals surface area contributed by atoms with E-state index in [1.165, 1.54) is 4.88 Å². The highest BCUT2D eigenvalue weighted by Crippen LogP contribution is 2.17. The van der Waals surface area contributed by atoms with E-state index in [1.807, 2.05) is 0 Å². The second kappa shape index (κ2) is 10.5. The molecule has 0 aliphatic carbocycles. The van der Waals surface area contributed by atoms with Gasteiger partial charge >= 0.3 is 0 Å². The number of rotatable bonds is 11. The van der Waals surface area contributed by atoms with Crippen LogP contribution in [0.4, 0.5) is 0 Å². The van der Waals surface area contributed by atoms with Gasteiger partial charge in [-0.3, -0.25) is 0 Å². The summed E-state index contributed by atoms with van der Waals surface area (Å²) in [6.45, 7) is 6.27. The fourth-order valence-corrected chi connectivity index (χ4v) is 2.21. The Balaban J connectivity index is 1.87. The summed E-state index contributed by atoms with van der Waals surface area (Å²) in [6.07, 6.45) is 0. The van der Waals surface area contributed by atoms with Crippen LogP contribution in [-0.4, -0.2) is 46.7 Å². The first-order valence-electron chi connectivity index (χ1n) is 6.26. The lowest BCUT2D eigenvalue weighted by molar-refractivity contribution is 0.0253. The SMILES string of the molecule is COCCOCCOCCN[C@H](C)c1cccs1. The zero-order valence-electron chi connectivity index (χ0n) is 11.2. The summed E-state index contributed by atoms with van der Waals surface area (Å²) in [7, 11) is 1.67. The summed E-state index contributed by atoms with van der Waals surface area (Å²) in [4.78, 5) is 1.36. The van der Waals surface area contributed by atoms with E-state index in [1.54, 1.807) is 18.4 Å². The lowest BCUT2D eigenvalue weighted by Crippen LogP contribution is -2.23. The molecule has 0 amide bonds. The summed E-state index contributed by atoms with van der Waals surface area (Å²) in [5.41, 5.74) is 0. The van der Waals surface area contributed by atoms with Crippen molar-refractivity contribution in [3.63, 3.8) is 0 Å². The standard InChI is InChI=1S/C13H23NO3S/c1-12(13-4-3-11-18-13)14-5-6-16-9-10-17-8-7-15-2/h3-4,11-12,14H,5-10H2,1-2H3/t12-/m1/s1. The highest BCUT2D eigenvalue weighted by atomic mass is 32.1. The van der Waals surface area contributed by atoms with Crippen molar-refractivity contribution in [2.75, 3.05) is 46.7 Å². The fraction of sp³-hybridized carbons (Fsp3) is 0.692. The maximum Gasteiger partial charge on any atom is 0.0701 e. The van der Waals surface area contributed by atoms with Crippen LogP contribution in [0.5, 0.6) is 0 Å². The van der Waals surface area contributed by atoms with Crippen LogP contribution in [-0.2, 0) is 14.2 Å². The molecular formula is C13H23NO3S. The zero-order valence-corrected chi connectivity index (χ0v) is 12.0. The van der Waals surface area contributed by atoms with Crippen LogP contribution < -0.4 is 5.32 Å². The van der Waals surface area contributed by atoms with E-state index in [0.717, 1.165) is 6.54 Å². The van der Waals surface area contributed by atoms with Gasteiger partial charge in [0.05, 0.1) is 33.0 Å². The molecule has 0 aromatic carbocycles. The lowest BCUT2D eigenvalue weighted by Gasteiger charge is -2.12. The van der Waals surface area contributed by atoms with Gasteiger partial charge in [-0.05, 0) is 18.4 Å². The molecule has 0 saturated heterocycles. The van der Waals surface area contributed by atoms with Crippen molar-refractivity contribution in [2.45, 2.75) is 13.0 Å². The van der Waals surface area contributed by atoms with Gasteiger partial charge in [0.2, 0.25) is 0 Å². The first-order valence-corrected chi connectivity index (χ1v) is 7.13. The van der Waals surface area contributed by atoms with E-state index in [4.69, 9.17) is 14.2 Å². The highest BCUT2D eigenvalue weighted by molar-refractivity contribution is 7.10. The highest BCUT2D eigenvalue weighted by Gasteiger charge is 2.04. The lowest BCUT2D eigenvalue weighted by atomic mass is 10.3. The molecule has 1 aromatic heterocycles. The summed E-state index contributed by atoms with van der Waals surface area (Å²) in [6, 6.07) is 4.62. The minimum atomic E-state index is 0.395. The van der Waals surface area contributed by atoms with Gasteiger partial charge in [0.25, 0.3) is 0 Å². The molecule has 1 heterocycles. The first kappa shape index (κ1) is 15.6. The molecule has 0 aliphatic heterocycles. The molecule has 0 radical (unpaired) electrons.